The Labute approximate surface area is 294 Å². The lowest BCUT2D eigenvalue weighted by molar-refractivity contribution is 0.195. The van der Waals surface area contributed by atoms with Crippen LogP contribution in [0.25, 0.3) is 44.2 Å². The number of anilines is 2. The lowest BCUT2D eigenvalue weighted by Crippen LogP contribution is -2.54. The maximum absolute atomic E-state index is 2.73. The fraction of sp³-hybridized carbons (Fsp3) is 0.184. The minimum atomic E-state index is -0.328. The minimum Gasteiger partial charge on any atom is -0.334 e. The lowest BCUT2D eigenvalue weighted by atomic mass is 9.61. The molecule has 0 amide bonds. The third-order valence-corrected chi connectivity index (χ3v) is 13.4. The Morgan fingerprint density at radius 1 is 0.440 bits per heavy atom. The van der Waals surface area contributed by atoms with Gasteiger partial charge in [0.25, 0.3) is 0 Å². The first-order valence-electron chi connectivity index (χ1n) is 18.4. The highest BCUT2D eigenvalue weighted by atomic mass is 15.3. The number of fused-ring (bicyclic) bond motifs is 14. The maximum Gasteiger partial charge on any atom is 0.0725 e. The van der Waals surface area contributed by atoms with Crippen molar-refractivity contribution in [3.63, 3.8) is 0 Å². The third kappa shape index (κ3) is 3.34. The Kier molecular flexibility index (Phi) is 5.61. The molecular formula is C49H39N. The van der Waals surface area contributed by atoms with E-state index >= 15 is 0 Å². The molecule has 50 heavy (non-hydrogen) atoms. The molecule has 7 aromatic carbocycles. The zero-order valence-electron chi connectivity index (χ0n) is 28.7. The predicted octanol–water partition coefficient (Wildman–Crippen LogP) is 12.6. The van der Waals surface area contributed by atoms with Gasteiger partial charge >= 0.3 is 0 Å². The van der Waals surface area contributed by atoms with Gasteiger partial charge in [0.2, 0.25) is 0 Å². The van der Waals surface area contributed by atoms with E-state index in [4.69, 9.17) is 0 Å². The van der Waals surface area contributed by atoms with Crippen LogP contribution in [0.5, 0.6) is 0 Å². The Morgan fingerprint density at radius 2 is 0.980 bits per heavy atom. The topological polar surface area (TPSA) is 3.24 Å². The van der Waals surface area contributed by atoms with E-state index in [0.29, 0.717) is 0 Å². The van der Waals surface area contributed by atoms with E-state index in [2.05, 4.69) is 170 Å². The summed E-state index contributed by atoms with van der Waals surface area (Å²) in [5.41, 5.74) is 17.5. The molecule has 0 aromatic heterocycles. The normalized spacial score (nSPS) is 21.8. The van der Waals surface area contributed by atoms with Crippen LogP contribution in [0.2, 0.25) is 0 Å². The second-order valence-electron chi connectivity index (χ2n) is 15.5. The van der Waals surface area contributed by atoms with Crippen molar-refractivity contribution in [1.29, 1.82) is 0 Å². The number of benzene rings is 7. The van der Waals surface area contributed by atoms with Gasteiger partial charge in [0.05, 0.1) is 11.0 Å². The van der Waals surface area contributed by atoms with E-state index in [1.807, 2.05) is 0 Å². The number of rotatable bonds is 2. The molecular weight excluding hydrogens is 603 g/mol. The average molecular weight is 642 g/mol. The molecule has 11 rings (SSSR count). The molecule has 0 radical (unpaired) electrons. The summed E-state index contributed by atoms with van der Waals surface area (Å²) in [6, 6.07) is 57.8. The highest BCUT2D eigenvalue weighted by Crippen LogP contribution is 2.64. The van der Waals surface area contributed by atoms with Crippen molar-refractivity contribution in [2.45, 2.75) is 55.9 Å². The molecule has 1 nitrogen and oxygen atoms in total. The second-order valence-corrected chi connectivity index (χ2v) is 15.5. The van der Waals surface area contributed by atoms with Crippen LogP contribution in [0, 0.1) is 0 Å². The van der Waals surface area contributed by atoms with Crippen molar-refractivity contribution < 1.29 is 0 Å². The van der Waals surface area contributed by atoms with Gasteiger partial charge < -0.3 is 4.90 Å². The zero-order chi connectivity index (χ0) is 33.2. The van der Waals surface area contributed by atoms with Gasteiger partial charge in [-0.1, -0.05) is 147 Å². The first kappa shape index (κ1) is 28.4. The summed E-state index contributed by atoms with van der Waals surface area (Å²) in [6.45, 7) is 5.10. The van der Waals surface area contributed by atoms with Crippen molar-refractivity contribution in [3.05, 3.63) is 179 Å². The molecule has 1 aliphatic heterocycles. The molecule has 0 bridgehead atoms. The monoisotopic (exact) mass is 641 g/mol. The van der Waals surface area contributed by atoms with Gasteiger partial charge in [0.1, 0.15) is 0 Å². The molecule has 240 valence electrons. The van der Waals surface area contributed by atoms with Crippen LogP contribution in [0.1, 0.15) is 67.3 Å². The third-order valence-electron chi connectivity index (χ3n) is 13.4. The minimum absolute atomic E-state index is 0.00274. The summed E-state index contributed by atoms with van der Waals surface area (Å²) in [7, 11) is 0. The molecule has 1 spiro atoms. The summed E-state index contributed by atoms with van der Waals surface area (Å²) in [5.74, 6) is 0. The SMILES string of the molecule is CC12CCCCC1(C)N(c1cccc3ccccc13)c1ccc(-c3ccc4c(c3)C3(c5ccccc5-c5ccccc53)c3ccccc3-4)cc12. The summed E-state index contributed by atoms with van der Waals surface area (Å²) in [4.78, 5) is 2.73. The van der Waals surface area contributed by atoms with Crippen LogP contribution in [-0.2, 0) is 10.8 Å². The maximum atomic E-state index is 2.73. The summed E-state index contributed by atoms with van der Waals surface area (Å²) >= 11 is 0. The molecule has 1 fully saturated rings. The number of hydrogen-bond acceptors (Lipinski definition) is 1. The van der Waals surface area contributed by atoms with E-state index in [1.165, 1.54) is 109 Å². The van der Waals surface area contributed by atoms with E-state index < -0.39 is 0 Å². The molecule has 1 saturated carbocycles. The Morgan fingerprint density at radius 3 is 1.68 bits per heavy atom. The fourth-order valence-corrected chi connectivity index (χ4v) is 11.0. The molecule has 1 heteroatoms. The first-order chi connectivity index (χ1) is 24.5. The van der Waals surface area contributed by atoms with Gasteiger partial charge in [-0.05, 0) is 111 Å². The Bertz CT molecular complexity index is 2490. The fourth-order valence-electron chi connectivity index (χ4n) is 11.0. The van der Waals surface area contributed by atoms with Crippen molar-refractivity contribution in [1.82, 2.24) is 0 Å². The summed E-state index contributed by atoms with van der Waals surface area (Å²) < 4.78 is 0. The van der Waals surface area contributed by atoms with Crippen LogP contribution in [0.3, 0.4) is 0 Å². The lowest BCUT2D eigenvalue weighted by Gasteiger charge is -2.50. The van der Waals surface area contributed by atoms with E-state index in [0.717, 1.165) is 0 Å². The molecule has 2 atom stereocenters. The van der Waals surface area contributed by atoms with Gasteiger partial charge in [-0.25, -0.2) is 0 Å². The van der Waals surface area contributed by atoms with Crippen LogP contribution < -0.4 is 4.90 Å². The Hall–Kier alpha value is -5.40. The van der Waals surface area contributed by atoms with Crippen molar-refractivity contribution in [2.75, 3.05) is 4.90 Å². The largest absolute Gasteiger partial charge is 0.334 e. The summed E-state index contributed by atoms with van der Waals surface area (Å²) in [6.07, 6.45) is 4.94. The predicted molar refractivity (Wildman–Crippen MR) is 208 cm³/mol. The van der Waals surface area contributed by atoms with E-state index in [-0.39, 0.29) is 16.4 Å². The Balaban J connectivity index is 1.13. The number of nitrogens with zero attached hydrogens (tertiary/aromatic N) is 1. The zero-order valence-corrected chi connectivity index (χ0v) is 28.7. The quantitative estimate of drug-likeness (QED) is 0.182. The van der Waals surface area contributed by atoms with Crippen molar-refractivity contribution in [3.8, 4) is 33.4 Å². The second kappa shape index (κ2) is 9.86. The molecule has 4 aliphatic rings. The van der Waals surface area contributed by atoms with Crippen LogP contribution in [-0.4, -0.2) is 5.54 Å². The highest BCUT2D eigenvalue weighted by Gasteiger charge is 2.58. The van der Waals surface area contributed by atoms with Crippen molar-refractivity contribution >= 4 is 22.1 Å². The molecule has 0 N–H and O–H groups in total. The van der Waals surface area contributed by atoms with Gasteiger partial charge in [0.15, 0.2) is 0 Å². The number of hydrogen-bond donors (Lipinski definition) is 0. The molecule has 3 aliphatic carbocycles. The first-order valence-corrected chi connectivity index (χ1v) is 18.4. The summed E-state index contributed by atoms with van der Waals surface area (Å²) in [5, 5.41) is 2.64. The van der Waals surface area contributed by atoms with Crippen LogP contribution >= 0.6 is 0 Å². The van der Waals surface area contributed by atoms with Gasteiger partial charge in [0, 0.05) is 22.2 Å². The van der Waals surface area contributed by atoms with E-state index in [1.54, 1.807) is 0 Å². The van der Waals surface area contributed by atoms with Gasteiger partial charge in [-0.2, -0.15) is 0 Å². The van der Waals surface area contributed by atoms with Gasteiger partial charge in [-0.15, -0.1) is 0 Å². The van der Waals surface area contributed by atoms with Crippen molar-refractivity contribution in [2.24, 2.45) is 0 Å². The van der Waals surface area contributed by atoms with Gasteiger partial charge in [-0.3, -0.25) is 0 Å². The highest BCUT2D eigenvalue weighted by molar-refractivity contribution is 5.99. The van der Waals surface area contributed by atoms with Crippen LogP contribution in [0.4, 0.5) is 11.4 Å². The molecule has 7 aromatic rings. The molecule has 1 heterocycles. The smallest absolute Gasteiger partial charge is 0.0725 e. The standard InChI is InChI=1S/C49H39N/c1-47-28-11-12-29-48(47,2)50(45-23-13-15-32-14-3-4-16-35(32)45)46-27-25-34(31-44(46)47)33-24-26-39-38-19-7-10-22-42(38)49(43(39)30-33)40-20-8-5-17-36(40)37-18-6-9-21-41(37)49/h3-10,13-27,30-31H,11-12,28-29H2,1-2H3. The average Bonchev–Trinajstić information content (AvgIpc) is 3.71. The van der Waals surface area contributed by atoms with Crippen LogP contribution in [0.15, 0.2) is 152 Å². The van der Waals surface area contributed by atoms with E-state index in [9.17, 15) is 0 Å². The molecule has 0 saturated heterocycles. The molecule has 2 unspecified atom stereocenters.